The zero-order valence-corrected chi connectivity index (χ0v) is 15.3. The second-order valence-electron chi connectivity index (χ2n) is 5.81. The van der Waals surface area contributed by atoms with E-state index in [4.69, 9.17) is 0 Å². The molecule has 2 aromatic carbocycles. The number of rotatable bonds is 5. The minimum Gasteiger partial charge on any atom is -0.308 e. The number of aryl methyl sites for hydroxylation is 1. The van der Waals surface area contributed by atoms with Gasteiger partial charge in [-0.15, -0.1) is 12.4 Å². The minimum absolute atomic E-state index is 0. The molecule has 0 amide bonds. The lowest BCUT2D eigenvalue weighted by Gasteiger charge is -2.27. The molecule has 2 aromatic rings. The number of hydrogen-bond acceptors (Lipinski definition) is 3. The summed E-state index contributed by atoms with van der Waals surface area (Å²) in [6.45, 7) is 3.24. The molecule has 0 radical (unpaired) electrons. The molecule has 3 rings (SSSR count). The fourth-order valence-electron chi connectivity index (χ4n) is 2.98. The highest BCUT2D eigenvalue weighted by atomic mass is 35.5. The Morgan fingerprint density at radius 3 is 2.75 bits per heavy atom. The van der Waals surface area contributed by atoms with Crippen LogP contribution in [0.4, 0.5) is 0 Å². The molecule has 130 valence electrons. The number of benzene rings is 2. The molecule has 0 saturated heterocycles. The van der Waals surface area contributed by atoms with E-state index in [0.29, 0.717) is 11.4 Å². The van der Waals surface area contributed by atoms with Crippen molar-refractivity contribution in [3.8, 4) is 0 Å². The SMILES string of the molecule is CCc1cccc(S(=O)(=O)NCC2NCCc3ccccc32)c1.Cl. The Kier molecular flexibility index (Phi) is 6.40. The largest absolute Gasteiger partial charge is 0.308 e. The molecule has 0 aliphatic carbocycles. The molecule has 1 atom stereocenters. The highest BCUT2D eigenvalue weighted by Gasteiger charge is 2.22. The normalized spacial score (nSPS) is 17.0. The lowest BCUT2D eigenvalue weighted by atomic mass is 9.95. The van der Waals surface area contributed by atoms with Gasteiger partial charge >= 0.3 is 0 Å². The van der Waals surface area contributed by atoms with Gasteiger partial charge in [0, 0.05) is 12.6 Å². The van der Waals surface area contributed by atoms with Crippen LogP contribution in [-0.2, 0) is 22.9 Å². The monoisotopic (exact) mass is 366 g/mol. The number of nitrogens with one attached hydrogen (secondary N) is 2. The summed E-state index contributed by atoms with van der Waals surface area (Å²) < 4.78 is 27.8. The molecule has 0 saturated carbocycles. The molecule has 24 heavy (non-hydrogen) atoms. The first kappa shape index (κ1) is 18.9. The van der Waals surface area contributed by atoms with E-state index >= 15 is 0 Å². The molecular weight excluding hydrogens is 344 g/mol. The van der Waals surface area contributed by atoms with Crippen LogP contribution >= 0.6 is 12.4 Å². The molecular formula is C18H23ClN2O2S. The molecule has 1 aliphatic heterocycles. The molecule has 0 bridgehead atoms. The summed E-state index contributed by atoms with van der Waals surface area (Å²) in [5, 5.41) is 3.39. The molecule has 0 spiro atoms. The maximum atomic E-state index is 12.5. The third-order valence-electron chi connectivity index (χ3n) is 4.31. The van der Waals surface area contributed by atoms with Crippen LogP contribution in [0.15, 0.2) is 53.4 Å². The van der Waals surface area contributed by atoms with Gasteiger partial charge in [-0.2, -0.15) is 0 Å². The smallest absolute Gasteiger partial charge is 0.240 e. The zero-order valence-electron chi connectivity index (χ0n) is 13.7. The van der Waals surface area contributed by atoms with Gasteiger partial charge in [0.15, 0.2) is 0 Å². The second-order valence-corrected chi connectivity index (χ2v) is 7.58. The van der Waals surface area contributed by atoms with E-state index in [9.17, 15) is 8.42 Å². The number of fused-ring (bicyclic) bond motifs is 1. The Hall–Kier alpha value is -1.40. The summed E-state index contributed by atoms with van der Waals surface area (Å²) in [7, 11) is -3.48. The number of sulfonamides is 1. The van der Waals surface area contributed by atoms with Gasteiger partial charge in [0.1, 0.15) is 0 Å². The summed E-state index contributed by atoms with van der Waals surface area (Å²) in [6.07, 6.45) is 1.80. The van der Waals surface area contributed by atoms with Crippen LogP contribution in [0, 0.1) is 0 Å². The van der Waals surface area contributed by atoms with Crippen molar-refractivity contribution in [1.29, 1.82) is 0 Å². The van der Waals surface area contributed by atoms with Crippen molar-refractivity contribution < 1.29 is 8.42 Å². The number of halogens is 1. The Morgan fingerprint density at radius 2 is 1.96 bits per heavy atom. The number of hydrogen-bond donors (Lipinski definition) is 2. The molecule has 2 N–H and O–H groups in total. The van der Waals surface area contributed by atoms with Crippen molar-refractivity contribution in [3.63, 3.8) is 0 Å². The molecule has 1 aliphatic rings. The van der Waals surface area contributed by atoms with E-state index in [1.807, 2.05) is 25.1 Å². The van der Waals surface area contributed by atoms with Crippen LogP contribution in [0.1, 0.15) is 29.7 Å². The van der Waals surface area contributed by atoms with Crippen LogP contribution in [0.25, 0.3) is 0 Å². The Morgan fingerprint density at radius 1 is 1.17 bits per heavy atom. The van der Waals surface area contributed by atoms with Crippen LogP contribution in [-0.4, -0.2) is 21.5 Å². The van der Waals surface area contributed by atoms with Crippen molar-refractivity contribution in [1.82, 2.24) is 10.0 Å². The van der Waals surface area contributed by atoms with E-state index in [1.165, 1.54) is 11.1 Å². The molecule has 6 heteroatoms. The van der Waals surface area contributed by atoms with Gasteiger partial charge in [-0.1, -0.05) is 43.3 Å². The van der Waals surface area contributed by atoms with Crippen molar-refractivity contribution in [2.75, 3.05) is 13.1 Å². The van der Waals surface area contributed by atoms with E-state index in [-0.39, 0.29) is 18.4 Å². The predicted octanol–water partition coefficient (Wildman–Crippen LogP) is 2.84. The maximum Gasteiger partial charge on any atom is 0.240 e. The van der Waals surface area contributed by atoms with Crippen molar-refractivity contribution >= 4 is 22.4 Å². The maximum absolute atomic E-state index is 12.5. The van der Waals surface area contributed by atoms with Crippen LogP contribution in [0.3, 0.4) is 0 Å². The van der Waals surface area contributed by atoms with Gasteiger partial charge in [0.2, 0.25) is 10.0 Å². The Labute approximate surface area is 150 Å². The van der Waals surface area contributed by atoms with Gasteiger partial charge in [-0.3, -0.25) is 0 Å². The fraction of sp³-hybridized carbons (Fsp3) is 0.333. The van der Waals surface area contributed by atoms with E-state index < -0.39 is 10.0 Å². The summed E-state index contributed by atoms with van der Waals surface area (Å²) in [6, 6.07) is 15.3. The van der Waals surface area contributed by atoms with Gasteiger partial charge in [0.25, 0.3) is 0 Å². The lowest BCUT2D eigenvalue weighted by molar-refractivity contribution is 0.491. The second kappa shape index (κ2) is 8.12. The van der Waals surface area contributed by atoms with Crippen LogP contribution in [0.2, 0.25) is 0 Å². The van der Waals surface area contributed by atoms with Crippen molar-refractivity contribution in [2.45, 2.75) is 30.7 Å². The van der Waals surface area contributed by atoms with E-state index in [1.54, 1.807) is 18.2 Å². The summed E-state index contributed by atoms with van der Waals surface area (Å²) >= 11 is 0. The third kappa shape index (κ3) is 4.16. The lowest BCUT2D eigenvalue weighted by Crippen LogP contribution is -2.38. The third-order valence-corrected chi connectivity index (χ3v) is 5.73. The van der Waals surface area contributed by atoms with Crippen LogP contribution in [0.5, 0.6) is 0 Å². The van der Waals surface area contributed by atoms with Crippen molar-refractivity contribution in [2.24, 2.45) is 0 Å². The molecule has 0 aromatic heterocycles. The first-order valence-electron chi connectivity index (χ1n) is 8.00. The fourth-order valence-corrected chi connectivity index (χ4v) is 4.10. The predicted molar refractivity (Wildman–Crippen MR) is 99.1 cm³/mol. The highest BCUT2D eigenvalue weighted by Crippen LogP contribution is 2.22. The standard InChI is InChI=1S/C18H22N2O2S.ClH/c1-2-14-6-5-8-16(12-14)23(21,22)20-13-18-17-9-4-3-7-15(17)10-11-19-18;/h3-9,12,18-20H,2,10-11,13H2,1H3;1H. The van der Waals surface area contributed by atoms with E-state index in [2.05, 4.69) is 22.2 Å². The summed E-state index contributed by atoms with van der Waals surface area (Å²) in [5.41, 5.74) is 3.50. The van der Waals surface area contributed by atoms with Gasteiger partial charge in [-0.25, -0.2) is 13.1 Å². The summed E-state index contributed by atoms with van der Waals surface area (Å²) in [4.78, 5) is 0.334. The average Bonchev–Trinajstić information content (AvgIpc) is 2.60. The highest BCUT2D eigenvalue weighted by molar-refractivity contribution is 7.89. The Balaban J connectivity index is 0.00000208. The van der Waals surface area contributed by atoms with Gasteiger partial charge < -0.3 is 5.32 Å². The zero-order chi connectivity index (χ0) is 16.3. The van der Waals surface area contributed by atoms with Crippen molar-refractivity contribution in [3.05, 3.63) is 65.2 Å². The van der Waals surface area contributed by atoms with Gasteiger partial charge in [0.05, 0.1) is 4.90 Å². The molecule has 1 unspecified atom stereocenters. The summed E-state index contributed by atoms with van der Waals surface area (Å²) in [5.74, 6) is 0. The molecule has 1 heterocycles. The van der Waals surface area contributed by atoms with Crippen LogP contribution < -0.4 is 10.0 Å². The topological polar surface area (TPSA) is 58.2 Å². The molecule has 0 fully saturated rings. The Bertz CT molecular complexity index is 793. The average molecular weight is 367 g/mol. The first-order chi connectivity index (χ1) is 11.1. The molecule has 4 nitrogen and oxygen atoms in total. The minimum atomic E-state index is -3.48. The van der Waals surface area contributed by atoms with Gasteiger partial charge in [-0.05, 0) is 48.2 Å². The first-order valence-corrected chi connectivity index (χ1v) is 9.48. The quantitative estimate of drug-likeness (QED) is 0.855. The van der Waals surface area contributed by atoms with E-state index in [0.717, 1.165) is 24.9 Å².